The van der Waals surface area contributed by atoms with Gasteiger partial charge in [0.15, 0.2) is 5.96 Å². The lowest BCUT2D eigenvalue weighted by Gasteiger charge is -2.20. The lowest BCUT2D eigenvalue weighted by Crippen LogP contribution is -2.45. The topological polar surface area (TPSA) is 52.6 Å². The molecule has 0 aliphatic carbocycles. The molecule has 2 heterocycles. The van der Waals surface area contributed by atoms with Crippen LogP contribution in [0.1, 0.15) is 12.0 Å². The van der Waals surface area contributed by atoms with Crippen molar-refractivity contribution in [3.8, 4) is 0 Å². The van der Waals surface area contributed by atoms with E-state index in [1.807, 2.05) is 19.3 Å². The van der Waals surface area contributed by atoms with Crippen molar-refractivity contribution in [2.24, 2.45) is 4.99 Å². The molecule has 1 aromatic heterocycles. The van der Waals surface area contributed by atoms with Gasteiger partial charge in [0.1, 0.15) is 0 Å². The minimum absolute atomic E-state index is 0. The molecule has 0 bridgehead atoms. The van der Waals surface area contributed by atoms with Crippen LogP contribution in [0.3, 0.4) is 0 Å². The van der Waals surface area contributed by atoms with E-state index in [4.69, 9.17) is 0 Å². The molecule has 0 saturated carbocycles. The maximum absolute atomic E-state index is 4.54. The largest absolute Gasteiger partial charge is 0.369 e. The van der Waals surface area contributed by atoms with Crippen LogP contribution in [0.2, 0.25) is 0 Å². The van der Waals surface area contributed by atoms with Crippen LogP contribution in [-0.4, -0.2) is 43.7 Å². The van der Waals surface area contributed by atoms with Gasteiger partial charge in [-0.05, 0) is 36.6 Å². The number of hydrogen-bond acceptors (Lipinski definition) is 3. The van der Waals surface area contributed by atoms with Crippen LogP contribution < -0.4 is 15.5 Å². The normalized spacial score (nSPS) is 16.5. The molecule has 5 nitrogen and oxygen atoms in total. The zero-order chi connectivity index (χ0) is 19.2. The SMILES string of the molecule is CN=C(NCCc1cccc2cccnc12)NC1CCN(c2ccccc2)C1.I. The molecule has 1 saturated heterocycles. The molecule has 29 heavy (non-hydrogen) atoms. The molecule has 1 atom stereocenters. The van der Waals surface area contributed by atoms with Crippen LogP contribution in [0.15, 0.2) is 71.9 Å². The Morgan fingerprint density at radius 1 is 1.10 bits per heavy atom. The standard InChI is InChI=1S/C23H27N5.HI/c1-24-23(27-20-13-16-28(17-20)21-10-3-2-4-11-21)26-15-12-19-8-5-7-18-9-6-14-25-22(18)19;/h2-11,14,20H,12-13,15-17H2,1H3,(H2,24,26,27);1H. The number of anilines is 1. The minimum atomic E-state index is 0. The maximum atomic E-state index is 4.54. The van der Waals surface area contributed by atoms with E-state index in [-0.39, 0.29) is 24.0 Å². The number of nitrogens with zero attached hydrogens (tertiary/aromatic N) is 3. The first-order valence-corrected chi connectivity index (χ1v) is 9.93. The second-order valence-electron chi connectivity index (χ2n) is 7.15. The third-order valence-corrected chi connectivity index (χ3v) is 5.28. The lowest BCUT2D eigenvalue weighted by atomic mass is 10.1. The van der Waals surface area contributed by atoms with Crippen LogP contribution in [0.4, 0.5) is 5.69 Å². The summed E-state index contributed by atoms with van der Waals surface area (Å²) in [6.45, 7) is 2.89. The van der Waals surface area contributed by atoms with E-state index in [0.29, 0.717) is 6.04 Å². The number of nitrogens with one attached hydrogen (secondary N) is 2. The number of rotatable bonds is 5. The smallest absolute Gasteiger partial charge is 0.191 e. The molecule has 1 unspecified atom stereocenters. The Balaban J connectivity index is 0.00000240. The second kappa shape index (κ2) is 10.4. The summed E-state index contributed by atoms with van der Waals surface area (Å²) in [6.07, 6.45) is 3.89. The number of halogens is 1. The Bertz CT molecular complexity index is 939. The highest BCUT2D eigenvalue weighted by Crippen LogP contribution is 2.19. The summed E-state index contributed by atoms with van der Waals surface area (Å²) >= 11 is 0. The van der Waals surface area contributed by atoms with Gasteiger partial charge in [-0.3, -0.25) is 9.98 Å². The molecule has 2 aromatic carbocycles. The van der Waals surface area contributed by atoms with E-state index in [2.05, 4.69) is 80.1 Å². The predicted molar refractivity (Wildman–Crippen MR) is 132 cm³/mol. The van der Waals surface area contributed by atoms with E-state index >= 15 is 0 Å². The summed E-state index contributed by atoms with van der Waals surface area (Å²) in [5, 5.41) is 8.22. The van der Waals surface area contributed by atoms with Gasteiger partial charge >= 0.3 is 0 Å². The molecule has 152 valence electrons. The third-order valence-electron chi connectivity index (χ3n) is 5.28. The molecule has 1 aliphatic rings. The molecule has 0 amide bonds. The molecule has 3 aromatic rings. The molecule has 0 spiro atoms. The van der Waals surface area contributed by atoms with Gasteiger partial charge in [-0.25, -0.2) is 0 Å². The average molecular weight is 501 g/mol. The van der Waals surface area contributed by atoms with E-state index in [9.17, 15) is 0 Å². The van der Waals surface area contributed by atoms with Crippen LogP contribution >= 0.6 is 24.0 Å². The molecular weight excluding hydrogens is 473 g/mol. The van der Waals surface area contributed by atoms with E-state index in [0.717, 1.165) is 44.0 Å². The van der Waals surface area contributed by atoms with Crippen molar-refractivity contribution in [3.63, 3.8) is 0 Å². The Kier molecular flexibility index (Phi) is 7.69. The van der Waals surface area contributed by atoms with E-state index in [1.54, 1.807) is 0 Å². The summed E-state index contributed by atoms with van der Waals surface area (Å²) < 4.78 is 0. The number of aromatic nitrogens is 1. The zero-order valence-corrected chi connectivity index (χ0v) is 19.0. The fraction of sp³-hybridized carbons (Fsp3) is 0.304. The number of pyridine rings is 1. The highest BCUT2D eigenvalue weighted by molar-refractivity contribution is 14.0. The van der Waals surface area contributed by atoms with Gasteiger partial charge in [-0.2, -0.15) is 0 Å². The monoisotopic (exact) mass is 501 g/mol. The maximum Gasteiger partial charge on any atom is 0.191 e. The number of hydrogen-bond donors (Lipinski definition) is 2. The molecule has 4 rings (SSSR count). The summed E-state index contributed by atoms with van der Waals surface area (Å²) in [5.74, 6) is 0.869. The highest BCUT2D eigenvalue weighted by atomic mass is 127. The molecule has 6 heteroatoms. The van der Waals surface area contributed by atoms with Gasteiger partial charge < -0.3 is 15.5 Å². The molecular formula is C23H28IN5. The number of aliphatic imine (C=N–C) groups is 1. The number of fused-ring (bicyclic) bond motifs is 1. The highest BCUT2D eigenvalue weighted by Gasteiger charge is 2.23. The molecule has 0 radical (unpaired) electrons. The van der Waals surface area contributed by atoms with Crippen molar-refractivity contribution >= 4 is 46.5 Å². The third kappa shape index (κ3) is 5.38. The lowest BCUT2D eigenvalue weighted by molar-refractivity contribution is 0.648. The molecule has 1 fully saturated rings. The van der Waals surface area contributed by atoms with Crippen molar-refractivity contribution in [1.82, 2.24) is 15.6 Å². The van der Waals surface area contributed by atoms with Crippen LogP contribution in [0.5, 0.6) is 0 Å². The minimum Gasteiger partial charge on any atom is -0.369 e. The van der Waals surface area contributed by atoms with Crippen LogP contribution in [-0.2, 0) is 6.42 Å². The molecule has 2 N–H and O–H groups in total. The summed E-state index contributed by atoms with van der Waals surface area (Å²) in [7, 11) is 1.83. The van der Waals surface area contributed by atoms with Gasteiger partial charge in [0.05, 0.1) is 5.52 Å². The van der Waals surface area contributed by atoms with Crippen molar-refractivity contribution < 1.29 is 0 Å². The summed E-state index contributed by atoms with van der Waals surface area (Å²) in [6, 6.07) is 21.5. The Morgan fingerprint density at radius 2 is 1.93 bits per heavy atom. The first-order chi connectivity index (χ1) is 13.8. The first-order valence-electron chi connectivity index (χ1n) is 9.93. The quantitative estimate of drug-likeness (QED) is 0.317. The predicted octanol–water partition coefficient (Wildman–Crippen LogP) is 3.84. The van der Waals surface area contributed by atoms with Crippen molar-refractivity contribution in [1.29, 1.82) is 0 Å². The van der Waals surface area contributed by atoms with Crippen LogP contribution in [0.25, 0.3) is 10.9 Å². The number of benzene rings is 2. The average Bonchev–Trinajstić information content (AvgIpc) is 3.22. The zero-order valence-electron chi connectivity index (χ0n) is 16.7. The Hall–Kier alpha value is -2.35. The van der Waals surface area contributed by atoms with E-state index in [1.165, 1.54) is 16.6 Å². The Morgan fingerprint density at radius 3 is 2.76 bits per heavy atom. The molecule has 1 aliphatic heterocycles. The van der Waals surface area contributed by atoms with Gasteiger partial charge in [0.2, 0.25) is 0 Å². The van der Waals surface area contributed by atoms with Crippen LogP contribution in [0, 0.1) is 0 Å². The summed E-state index contributed by atoms with van der Waals surface area (Å²) in [4.78, 5) is 11.4. The first kappa shape index (κ1) is 21.4. The van der Waals surface area contributed by atoms with Crippen molar-refractivity contribution in [2.45, 2.75) is 18.9 Å². The second-order valence-corrected chi connectivity index (χ2v) is 7.15. The van der Waals surface area contributed by atoms with Gasteiger partial charge in [-0.1, -0.05) is 42.5 Å². The van der Waals surface area contributed by atoms with E-state index < -0.39 is 0 Å². The van der Waals surface area contributed by atoms with Gasteiger partial charge in [-0.15, -0.1) is 24.0 Å². The van der Waals surface area contributed by atoms with Crippen molar-refractivity contribution in [3.05, 3.63) is 72.4 Å². The Labute approximate surface area is 189 Å². The van der Waals surface area contributed by atoms with Gasteiger partial charge in [0.25, 0.3) is 0 Å². The van der Waals surface area contributed by atoms with Gasteiger partial charge in [0, 0.05) is 50.0 Å². The number of guanidine groups is 1. The fourth-order valence-corrected chi connectivity index (χ4v) is 3.82. The summed E-state index contributed by atoms with van der Waals surface area (Å²) in [5.41, 5.74) is 3.64. The van der Waals surface area contributed by atoms with Crippen molar-refractivity contribution in [2.75, 3.05) is 31.6 Å². The number of para-hydroxylation sites is 2. The fourth-order valence-electron chi connectivity index (χ4n) is 3.82.